The molecule has 2 aromatic heterocycles. The minimum atomic E-state index is -3.32. The lowest BCUT2D eigenvalue weighted by Crippen LogP contribution is -2.43. The standard InChI is InChI=1S/C25H22F3N5O/c1-24(27,28)19-13-17(4-5-20(19)26)14-25(15-29)7-11-33(12-8-25)23(34)18-3-2-9-31-22(18)21-6-10-30-16-32-21/h2-6,9-10,13,16H,7-8,11-12,14H2,1H3. The molecule has 0 spiro atoms. The van der Waals surface area contributed by atoms with E-state index < -0.39 is 22.7 Å². The van der Waals surface area contributed by atoms with Crippen molar-refractivity contribution in [1.82, 2.24) is 19.9 Å². The van der Waals surface area contributed by atoms with E-state index in [0.717, 1.165) is 12.1 Å². The molecule has 9 heteroatoms. The molecule has 1 fully saturated rings. The van der Waals surface area contributed by atoms with Crippen LogP contribution in [0.15, 0.2) is 55.1 Å². The summed E-state index contributed by atoms with van der Waals surface area (Å²) in [5.41, 5.74) is 0.337. The molecule has 3 heterocycles. The number of piperidine rings is 1. The number of nitriles is 1. The van der Waals surface area contributed by atoms with Crippen molar-refractivity contribution in [2.24, 2.45) is 5.41 Å². The van der Waals surface area contributed by atoms with Gasteiger partial charge in [0.1, 0.15) is 17.8 Å². The van der Waals surface area contributed by atoms with Crippen molar-refractivity contribution in [3.63, 3.8) is 0 Å². The number of benzene rings is 1. The van der Waals surface area contributed by atoms with Gasteiger partial charge in [-0.2, -0.15) is 5.26 Å². The van der Waals surface area contributed by atoms with Gasteiger partial charge in [-0.25, -0.2) is 23.1 Å². The molecule has 34 heavy (non-hydrogen) atoms. The Bertz CT molecular complexity index is 1230. The number of carbonyl (C=O) groups is 1. The van der Waals surface area contributed by atoms with Crippen molar-refractivity contribution >= 4 is 5.91 Å². The van der Waals surface area contributed by atoms with E-state index in [-0.39, 0.29) is 12.3 Å². The number of carbonyl (C=O) groups excluding carboxylic acids is 1. The summed E-state index contributed by atoms with van der Waals surface area (Å²) in [6.07, 6.45) is 5.48. The van der Waals surface area contributed by atoms with Crippen LogP contribution in [0.5, 0.6) is 0 Å². The van der Waals surface area contributed by atoms with Gasteiger partial charge in [0, 0.05) is 32.4 Å². The maximum Gasteiger partial charge on any atom is 0.273 e. The Kier molecular flexibility index (Phi) is 6.33. The third-order valence-electron chi connectivity index (χ3n) is 6.15. The van der Waals surface area contributed by atoms with Crippen LogP contribution in [0.25, 0.3) is 11.4 Å². The number of pyridine rings is 1. The predicted molar refractivity (Wildman–Crippen MR) is 118 cm³/mol. The second-order valence-electron chi connectivity index (χ2n) is 8.56. The Labute approximate surface area is 195 Å². The number of likely N-dealkylation sites (tertiary alicyclic amines) is 1. The Morgan fingerprint density at radius 2 is 1.94 bits per heavy atom. The molecule has 1 saturated heterocycles. The van der Waals surface area contributed by atoms with Crippen LogP contribution < -0.4 is 0 Å². The van der Waals surface area contributed by atoms with E-state index in [9.17, 15) is 23.2 Å². The molecule has 3 aromatic rings. The number of hydrogen-bond acceptors (Lipinski definition) is 5. The first kappa shape index (κ1) is 23.4. The summed E-state index contributed by atoms with van der Waals surface area (Å²) in [6, 6.07) is 10.9. The van der Waals surface area contributed by atoms with Crippen LogP contribution in [0, 0.1) is 22.6 Å². The third kappa shape index (κ3) is 4.76. The van der Waals surface area contributed by atoms with E-state index in [4.69, 9.17) is 0 Å². The molecule has 1 amide bonds. The Balaban J connectivity index is 1.51. The topological polar surface area (TPSA) is 82.8 Å². The van der Waals surface area contributed by atoms with Crippen LogP contribution in [-0.4, -0.2) is 38.8 Å². The normalized spacial score (nSPS) is 15.6. The summed E-state index contributed by atoms with van der Waals surface area (Å²) in [4.78, 5) is 27.3. The van der Waals surface area contributed by atoms with Gasteiger partial charge in [0.25, 0.3) is 11.8 Å². The summed E-state index contributed by atoms with van der Waals surface area (Å²) in [6.45, 7) is 1.29. The predicted octanol–water partition coefficient (Wildman–Crippen LogP) is 4.78. The first-order valence-corrected chi connectivity index (χ1v) is 10.8. The Morgan fingerprint density at radius 1 is 1.18 bits per heavy atom. The van der Waals surface area contributed by atoms with Crippen LogP contribution in [0.3, 0.4) is 0 Å². The lowest BCUT2D eigenvalue weighted by Gasteiger charge is -2.37. The minimum Gasteiger partial charge on any atom is -0.338 e. The molecule has 1 aromatic carbocycles. The van der Waals surface area contributed by atoms with Crippen LogP contribution in [0.4, 0.5) is 13.2 Å². The molecular formula is C25H22F3N5O. The van der Waals surface area contributed by atoms with Crippen molar-refractivity contribution in [3.8, 4) is 17.5 Å². The fraction of sp³-hybridized carbons (Fsp3) is 0.320. The molecule has 0 saturated carbocycles. The van der Waals surface area contributed by atoms with Crippen molar-refractivity contribution in [3.05, 3.63) is 77.6 Å². The Hall–Kier alpha value is -3.80. The van der Waals surface area contributed by atoms with Gasteiger partial charge >= 0.3 is 0 Å². The fourth-order valence-electron chi connectivity index (χ4n) is 4.26. The van der Waals surface area contributed by atoms with E-state index in [0.29, 0.717) is 55.4 Å². The summed E-state index contributed by atoms with van der Waals surface area (Å²) in [5.74, 6) is -4.51. The zero-order chi connectivity index (χ0) is 24.3. The lowest BCUT2D eigenvalue weighted by molar-refractivity contribution is 0.0136. The number of aromatic nitrogens is 3. The van der Waals surface area contributed by atoms with Gasteiger partial charge in [0.05, 0.1) is 28.3 Å². The summed E-state index contributed by atoms with van der Waals surface area (Å²) in [7, 11) is 0. The average molecular weight is 465 g/mol. The fourth-order valence-corrected chi connectivity index (χ4v) is 4.26. The molecule has 1 aliphatic heterocycles. The molecule has 0 aliphatic carbocycles. The van der Waals surface area contributed by atoms with Gasteiger partial charge in [-0.15, -0.1) is 0 Å². The molecule has 0 bridgehead atoms. The molecule has 0 atom stereocenters. The van der Waals surface area contributed by atoms with Crippen LogP contribution in [-0.2, 0) is 12.3 Å². The van der Waals surface area contributed by atoms with E-state index in [1.807, 2.05) is 0 Å². The minimum absolute atomic E-state index is 0.202. The third-order valence-corrected chi connectivity index (χ3v) is 6.15. The highest BCUT2D eigenvalue weighted by molar-refractivity contribution is 5.99. The largest absolute Gasteiger partial charge is 0.338 e. The first-order valence-electron chi connectivity index (χ1n) is 10.8. The Morgan fingerprint density at radius 3 is 2.59 bits per heavy atom. The molecule has 174 valence electrons. The zero-order valence-corrected chi connectivity index (χ0v) is 18.5. The van der Waals surface area contributed by atoms with Crippen LogP contribution in [0.2, 0.25) is 0 Å². The smallest absolute Gasteiger partial charge is 0.273 e. The van der Waals surface area contributed by atoms with E-state index in [1.54, 1.807) is 35.5 Å². The summed E-state index contributed by atoms with van der Waals surface area (Å²) >= 11 is 0. The zero-order valence-electron chi connectivity index (χ0n) is 18.5. The van der Waals surface area contributed by atoms with Crippen molar-refractivity contribution in [2.45, 2.75) is 32.1 Å². The number of alkyl halides is 2. The SMILES string of the molecule is CC(F)(F)c1cc(CC2(C#N)CCN(C(=O)c3cccnc3-c3ccncn3)CC2)ccc1F. The van der Waals surface area contributed by atoms with E-state index in [1.165, 1.54) is 12.4 Å². The maximum absolute atomic E-state index is 13.9. The molecule has 0 unspecified atom stereocenters. The monoisotopic (exact) mass is 465 g/mol. The van der Waals surface area contributed by atoms with Crippen molar-refractivity contribution in [2.75, 3.05) is 13.1 Å². The number of rotatable bonds is 5. The van der Waals surface area contributed by atoms with E-state index >= 15 is 0 Å². The molecule has 1 aliphatic rings. The van der Waals surface area contributed by atoms with Crippen molar-refractivity contribution < 1.29 is 18.0 Å². The van der Waals surface area contributed by atoms with Gasteiger partial charge in [0.2, 0.25) is 0 Å². The van der Waals surface area contributed by atoms with Crippen LogP contribution >= 0.6 is 0 Å². The molecular weight excluding hydrogens is 443 g/mol. The van der Waals surface area contributed by atoms with Crippen LogP contribution in [0.1, 0.15) is 41.3 Å². The second kappa shape index (κ2) is 9.21. The quantitative estimate of drug-likeness (QED) is 0.542. The van der Waals surface area contributed by atoms with Gasteiger partial charge in [0.15, 0.2) is 0 Å². The van der Waals surface area contributed by atoms with Gasteiger partial charge < -0.3 is 4.90 Å². The lowest BCUT2D eigenvalue weighted by atomic mass is 9.74. The molecule has 6 nitrogen and oxygen atoms in total. The average Bonchev–Trinajstić information content (AvgIpc) is 2.85. The maximum atomic E-state index is 13.9. The highest BCUT2D eigenvalue weighted by Crippen LogP contribution is 2.37. The molecule has 4 rings (SSSR count). The van der Waals surface area contributed by atoms with Gasteiger partial charge in [-0.05, 0) is 55.2 Å². The summed E-state index contributed by atoms with van der Waals surface area (Å²) in [5, 5.41) is 9.92. The molecule has 0 N–H and O–H groups in total. The second-order valence-corrected chi connectivity index (χ2v) is 8.56. The van der Waals surface area contributed by atoms with E-state index in [2.05, 4.69) is 21.0 Å². The van der Waals surface area contributed by atoms with Crippen molar-refractivity contribution in [1.29, 1.82) is 5.26 Å². The van der Waals surface area contributed by atoms with Gasteiger partial charge in [-0.1, -0.05) is 6.07 Å². The summed E-state index contributed by atoms with van der Waals surface area (Å²) < 4.78 is 41.4. The highest BCUT2D eigenvalue weighted by Gasteiger charge is 2.38. The number of halogens is 3. The number of hydrogen-bond donors (Lipinski definition) is 0. The number of nitrogens with zero attached hydrogens (tertiary/aromatic N) is 5. The number of amides is 1. The highest BCUT2D eigenvalue weighted by atomic mass is 19.3. The van der Waals surface area contributed by atoms with Gasteiger partial charge in [-0.3, -0.25) is 9.78 Å². The first-order chi connectivity index (χ1) is 16.2. The molecule has 0 radical (unpaired) electrons.